The third kappa shape index (κ3) is 5.80. The van der Waals surface area contributed by atoms with Crippen LogP contribution in [0.2, 0.25) is 0 Å². The number of carbonyl (C=O) groups is 1. The van der Waals surface area contributed by atoms with Crippen molar-refractivity contribution in [3.8, 4) is 0 Å². The van der Waals surface area contributed by atoms with Crippen LogP contribution in [-0.4, -0.2) is 71.6 Å². The molecule has 4 heterocycles. The number of H-pyrrole nitrogens is 1. The maximum absolute atomic E-state index is 16.4. The number of hydrogen-bond acceptors (Lipinski definition) is 7. The Morgan fingerprint density at radius 2 is 1.88 bits per heavy atom. The Morgan fingerprint density at radius 1 is 1.12 bits per heavy atom. The molecule has 9 nitrogen and oxygen atoms in total. The second-order valence-electron chi connectivity index (χ2n) is 10.1. The highest BCUT2D eigenvalue weighted by Gasteiger charge is 2.31. The second kappa shape index (κ2) is 11.7. The fraction of sp³-hybridized carbons (Fsp3) is 0.357. The minimum absolute atomic E-state index is 0.0446. The maximum Gasteiger partial charge on any atom is 0.264 e. The van der Waals surface area contributed by atoms with Crippen molar-refractivity contribution >= 4 is 28.8 Å². The molecule has 0 saturated carbocycles. The highest BCUT2D eigenvalue weighted by Crippen LogP contribution is 2.39. The summed E-state index contributed by atoms with van der Waals surface area (Å²) in [6, 6.07) is 3.51. The first-order valence-corrected chi connectivity index (χ1v) is 13.1. The van der Waals surface area contributed by atoms with Crippen molar-refractivity contribution in [2.45, 2.75) is 25.8 Å². The van der Waals surface area contributed by atoms with Gasteiger partial charge in [-0.15, -0.1) is 0 Å². The third-order valence-corrected chi connectivity index (χ3v) is 7.48. The number of aromatic amines is 1. The van der Waals surface area contributed by atoms with E-state index in [4.69, 9.17) is 0 Å². The Balaban J connectivity index is 1.57. The first kappa shape index (κ1) is 28.3. The number of amides is 1. The van der Waals surface area contributed by atoms with Gasteiger partial charge in [-0.2, -0.15) is 0 Å². The van der Waals surface area contributed by atoms with Crippen molar-refractivity contribution in [2.24, 2.45) is 0 Å². The monoisotopic (exact) mass is 571 g/mol. The highest BCUT2D eigenvalue weighted by molar-refractivity contribution is 6.07. The number of hydrogen-bond donors (Lipinski definition) is 2. The Hall–Kier alpha value is -4.26. The van der Waals surface area contributed by atoms with Crippen molar-refractivity contribution in [3.05, 3.63) is 81.5 Å². The molecule has 0 aliphatic carbocycles. The summed E-state index contributed by atoms with van der Waals surface area (Å²) in [5, 5.41) is 2.43. The number of benzene rings is 1. The zero-order valence-corrected chi connectivity index (χ0v) is 22.5. The largest absolute Gasteiger partial charge is 0.367 e. The zero-order valence-electron chi connectivity index (χ0n) is 22.5. The van der Waals surface area contributed by atoms with Crippen LogP contribution < -0.4 is 20.7 Å². The van der Waals surface area contributed by atoms with Crippen molar-refractivity contribution in [2.75, 3.05) is 54.9 Å². The molecule has 0 unspecified atom stereocenters. The summed E-state index contributed by atoms with van der Waals surface area (Å²) in [7, 11) is 1.94. The summed E-state index contributed by atoms with van der Waals surface area (Å²) in [6.07, 6.45) is 3.09. The van der Waals surface area contributed by atoms with Gasteiger partial charge in [-0.1, -0.05) is 6.08 Å². The molecule has 0 radical (unpaired) electrons. The summed E-state index contributed by atoms with van der Waals surface area (Å²) < 4.78 is 59.6. The molecule has 2 aliphatic rings. The SMILES string of the molecule is C[C@H]1CN(c2cc(F)c(C3=CCCN(c4ncccn4)C3)c(F)c2NC(=O)c2c[nH]c(=O)cc2C(F)F)CCN1C. The van der Waals surface area contributed by atoms with E-state index in [0.717, 1.165) is 6.20 Å². The van der Waals surface area contributed by atoms with Gasteiger partial charge in [0, 0.05) is 75.1 Å². The summed E-state index contributed by atoms with van der Waals surface area (Å²) in [5.74, 6) is -2.49. The van der Waals surface area contributed by atoms with E-state index >= 15 is 8.78 Å². The molecule has 216 valence electrons. The molecule has 2 N–H and O–H groups in total. The van der Waals surface area contributed by atoms with Crippen molar-refractivity contribution in [1.29, 1.82) is 0 Å². The first-order chi connectivity index (χ1) is 19.6. The predicted molar refractivity (Wildman–Crippen MR) is 147 cm³/mol. The van der Waals surface area contributed by atoms with E-state index in [2.05, 4.69) is 25.2 Å². The second-order valence-corrected chi connectivity index (χ2v) is 10.1. The van der Waals surface area contributed by atoms with Crippen LogP contribution in [0.5, 0.6) is 0 Å². The number of nitrogens with one attached hydrogen (secondary N) is 2. The minimum Gasteiger partial charge on any atom is -0.367 e. The van der Waals surface area contributed by atoms with E-state index in [1.165, 1.54) is 6.07 Å². The van der Waals surface area contributed by atoms with Crippen LogP contribution in [0.4, 0.5) is 34.9 Å². The standard InChI is InChI=1S/C28H29F4N7O2/c1-16-14-38(10-9-37(16)2)21-12-20(29)23(17-5-3-8-39(15-17)28-33-6-4-7-34-28)24(30)25(21)36-27(41)19-13-35-22(40)11-18(19)26(31)32/h4-7,11-13,16,26H,3,8-10,14-15H2,1-2H3,(H,35,40)(H,36,41)/t16-/m0/s1. The summed E-state index contributed by atoms with van der Waals surface area (Å²) in [5.41, 5.74) is -2.35. The molecule has 0 bridgehead atoms. The van der Waals surface area contributed by atoms with Gasteiger partial charge in [0.2, 0.25) is 11.5 Å². The molecule has 1 saturated heterocycles. The lowest BCUT2D eigenvalue weighted by atomic mass is 9.97. The highest BCUT2D eigenvalue weighted by atomic mass is 19.3. The molecule has 13 heteroatoms. The Kier molecular flexibility index (Phi) is 8.06. The number of piperazine rings is 1. The van der Waals surface area contributed by atoms with Gasteiger partial charge in [0.1, 0.15) is 11.5 Å². The zero-order chi connectivity index (χ0) is 29.3. The number of anilines is 3. The van der Waals surface area contributed by atoms with Gasteiger partial charge in [0.15, 0.2) is 5.82 Å². The molecule has 2 aliphatic heterocycles. The van der Waals surface area contributed by atoms with E-state index in [-0.39, 0.29) is 29.5 Å². The summed E-state index contributed by atoms with van der Waals surface area (Å²) in [6.45, 7) is 4.07. The van der Waals surface area contributed by atoms with Crippen LogP contribution in [0, 0.1) is 11.6 Å². The van der Waals surface area contributed by atoms with Crippen LogP contribution in [0.15, 0.2) is 47.7 Å². The van der Waals surface area contributed by atoms with Crippen LogP contribution >= 0.6 is 0 Å². The van der Waals surface area contributed by atoms with E-state index in [9.17, 15) is 18.4 Å². The van der Waals surface area contributed by atoms with Gasteiger partial charge in [-0.05, 0) is 32.0 Å². The molecule has 1 atom stereocenters. The van der Waals surface area contributed by atoms with E-state index < -0.39 is 40.7 Å². The Morgan fingerprint density at radius 3 is 2.59 bits per heavy atom. The molecule has 1 fully saturated rings. The molecule has 3 aromatic rings. The van der Waals surface area contributed by atoms with Gasteiger partial charge in [0.05, 0.1) is 16.8 Å². The van der Waals surface area contributed by atoms with E-state index in [1.54, 1.807) is 34.3 Å². The predicted octanol–water partition coefficient (Wildman–Crippen LogP) is 4.07. The third-order valence-electron chi connectivity index (χ3n) is 7.48. The average Bonchev–Trinajstić information content (AvgIpc) is 2.96. The Bertz CT molecular complexity index is 1530. The molecule has 41 heavy (non-hydrogen) atoms. The smallest absolute Gasteiger partial charge is 0.264 e. The quantitative estimate of drug-likeness (QED) is 0.431. The lowest BCUT2D eigenvalue weighted by Crippen LogP contribution is -2.50. The van der Waals surface area contributed by atoms with Crippen LogP contribution in [0.3, 0.4) is 0 Å². The number of likely N-dealkylation sites (N-methyl/N-ethyl adjacent to an activating group) is 1. The molecule has 0 spiro atoms. The van der Waals surface area contributed by atoms with Gasteiger partial charge in [-0.3, -0.25) is 9.59 Å². The molecule has 5 rings (SSSR count). The summed E-state index contributed by atoms with van der Waals surface area (Å²) >= 11 is 0. The molecular formula is C28H29F4N7O2. The number of carbonyl (C=O) groups excluding carboxylic acids is 1. The van der Waals surface area contributed by atoms with Crippen molar-refractivity contribution in [1.82, 2.24) is 19.9 Å². The van der Waals surface area contributed by atoms with Crippen LogP contribution in [0.1, 0.15) is 41.3 Å². The molecule has 1 amide bonds. The molecule has 1 aromatic carbocycles. The van der Waals surface area contributed by atoms with Gasteiger partial charge < -0.3 is 25.0 Å². The summed E-state index contributed by atoms with van der Waals surface area (Å²) in [4.78, 5) is 41.2. The molecular weight excluding hydrogens is 542 g/mol. The number of pyridine rings is 1. The number of alkyl halides is 2. The molecule has 2 aromatic heterocycles. The number of nitrogens with zero attached hydrogens (tertiary/aromatic N) is 5. The lowest BCUT2D eigenvalue weighted by molar-refractivity contribution is 0.101. The topological polar surface area (TPSA) is 97.5 Å². The number of rotatable bonds is 6. The number of aromatic nitrogens is 3. The van der Waals surface area contributed by atoms with Gasteiger partial charge >= 0.3 is 0 Å². The fourth-order valence-corrected chi connectivity index (χ4v) is 5.13. The fourth-order valence-electron chi connectivity index (χ4n) is 5.13. The minimum atomic E-state index is -3.12. The normalized spacial score (nSPS) is 18.0. The average molecular weight is 572 g/mol. The maximum atomic E-state index is 16.4. The first-order valence-electron chi connectivity index (χ1n) is 13.1. The van der Waals surface area contributed by atoms with Crippen LogP contribution in [0.25, 0.3) is 5.57 Å². The van der Waals surface area contributed by atoms with E-state index in [0.29, 0.717) is 50.2 Å². The number of halogens is 4. The van der Waals surface area contributed by atoms with Gasteiger partial charge in [-0.25, -0.2) is 27.5 Å². The lowest BCUT2D eigenvalue weighted by Gasteiger charge is -2.40. The van der Waals surface area contributed by atoms with Crippen LogP contribution in [-0.2, 0) is 0 Å². The Labute approximate surface area is 233 Å². The van der Waals surface area contributed by atoms with Gasteiger partial charge in [0.25, 0.3) is 12.3 Å². The van der Waals surface area contributed by atoms with E-state index in [1.807, 2.05) is 14.0 Å². The van der Waals surface area contributed by atoms with Crippen molar-refractivity contribution in [3.63, 3.8) is 0 Å². The van der Waals surface area contributed by atoms with Crippen molar-refractivity contribution < 1.29 is 22.4 Å².